The van der Waals surface area contributed by atoms with Crippen LogP contribution >= 0.6 is 11.3 Å². The van der Waals surface area contributed by atoms with Gasteiger partial charge in [-0.15, -0.1) is 11.3 Å². The molecule has 1 aliphatic heterocycles. The molecule has 39 heavy (non-hydrogen) atoms. The van der Waals surface area contributed by atoms with Crippen LogP contribution < -0.4 is 30.0 Å². The Morgan fingerprint density at radius 1 is 0.974 bits per heavy atom. The van der Waals surface area contributed by atoms with Crippen molar-refractivity contribution in [1.82, 2.24) is 4.57 Å². The van der Waals surface area contributed by atoms with Gasteiger partial charge < -0.3 is 24.7 Å². The summed E-state index contributed by atoms with van der Waals surface area (Å²) >= 11 is 1.10. The first-order chi connectivity index (χ1) is 18.7. The fraction of sp³-hybridized carbons (Fsp3) is 0.276. The van der Waals surface area contributed by atoms with E-state index >= 15 is 0 Å². The lowest BCUT2D eigenvalue weighted by atomic mass is 9.83. The second-order valence-corrected chi connectivity index (χ2v) is 9.95. The first-order valence-corrected chi connectivity index (χ1v) is 13.2. The lowest BCUT2D eigenvalue weighted by Crippen LogP contribution is -2.42. The summed E-state index contributed by atoms with van der Waals surface area (Å²) in [6.45, 7) is 5.20. The van der Waals surface area contributed by atoms with Crippen molar-refractivity contribution in [3.63, 3.8) is 0 Å². The maximum atomic E-state index is 13.7. The summed E-state index contributed by atoms with van der Waals surface area (Å²) in [6.07, 6.45) is 1.25. The Kier molecular flexibility index (Phi) is 8.25. The van der Waals surface area contributed by atoms with Gasteiger partial charge in [0, 0.05) is 0 Å². The number of ether oxygens (including phenoxy) is 4. The molecule has 2 N–H and O–H groups in total. The van der Waals surface area contributed by atoms with Crippen molar-refractivity contribution < 1.29 is 28.5 Å². The molecule has 4 rings (SSSR count). The minimum absolute atomic E-state index is 0.0129. The molecule has 0 spiro atoms. The van der Waals surface area contributed by atoms with Crippen molar-refractivity contribution in [2.24, 2.45) is 5.73 Å². The van der Waals surface area contributed by atoms with Gasteiger partial charge in [0.1, 0.15) is 22.0 Å². The normalized spacial score (nSPS) is 15.3. The smallest absolute Gasteiger partial charge is 0.338 e. The average molecular weight is 551 g/mol. The number of aromatic nitrogens is 1. The monoisotopic (exact) mass is 550 g/mol. The van der Waals surface area contributed by atoms with Crippen LogP contribution in [0.25, 0.3) is 17.5 Å². The Bertz CT molecular complexity index is 1600. The van der Waals surface area contributed by atoms with Crippen LogP contribution in [0.5, 0.6) is 11.5 Å². The van der Waals surface area contributed by atoms with Gasteiger partial charge in [-0.2, -0.15) is 0 Å². The highest BCUT2D eigenvalue weighted by Gasteiger charge is 2.40. The summed E-state index contributed by atoms with van der Waals surface area (Å²) < 4.78 is 23.3. The number of nitrogens with zero attached hydrogens (tertiary/aromatic N) is 1. The molecular weight excluding hydrogens is 520 g/mol. The molecule has 0 saturated carbocycles. The lowest BCUT2D eigenvalue weighted by molar-refractivity contribution is -0.140. The number of hydrogen-bond donors (Lipinski definition) is 1. The molecule has 0 bridgehead atoms. The molecule has 0 unspecified atom stereocenters. The second-order valence-electron chi connectivity index (χ2n) is 8.92. The lowest BCUT2D eigenvalue weighted by Gasteiger charge is -2.27. The summed E-state index contributed by atoms with van der Waals surface area (Å²) in [4.78, 5) is 40.6. The Balaban J connectivity index is 2.07. The molecule has 0 amide bonds. The quantitative estimate of drug-likeness (QED) is 0.425. The molecule has 0 aliphatic carbocycles. The Morgan fingerprint density at radius 3 is 2.10 bits per heavy atom. The number of nitrogens with two attached hydrogens (primary N) is 1. The minimum atomic E-state index is -0.937. The van der Waals surface area contributed by atoms with Crippen LogP contribution in [0.15, 0.2) is 58.9 Å². The number of methoxy groups -OCH3 is 2. The van der Waals surface area contributed by atoms with Gasteiger partial charge in [-0.3, -0.25) is 9.36 Å². The molecule has 1 aromatic heterocycles. The van der Waals surface area contributed by atoms with Gasteiger partial charge in [0.2, 0.25) is 0 Å². The minimum Gasteiger partial charge on any atom is -0.497 e. The Morgan fingerprint density at radius 2 is 1.56 bits per heavy atom. The van der Waals surface area contributed by atoms with Crippen LogP contribution in [-0.2, 0) is 19.1 Å². The molecule has 10 heteroatoms. The van der Waals surface area contributed by atoms with Crippen LogP contribution in [0.1, 0.15) is 37.8 Å². The zero-order chi connectivity index (χ0) is 28.3. The van der Waals surface area contributed by atoms with Gasteiger partial charge in [0.25, 0.3) is 5.56 Å². The van der Waals surface area contributed by atoms with Gasteiger partial charge >= 0.3 is 11.9 Å². The van der Waals surface area contributed by atoms with E-state index in [9.17, 15) is 14.4 Å². The number of hydrogen-bond acceptors (Lipinski definition) is 9. The van der Waals surface area contributed by atoms with Crippen molar-refractivity contribution in [3.8, 4) is 11.5 Å². The first kappa shape index (κ1) is 27.7. The molecule has 3 aromatic rings. The van der Waals surface area contributed by atoms with E-state index in [4.69, 9.17) is 24.7 Å². The van der Waals surface area contributed by atoms with E-state index in [1.807, 2.05) is 12.1 Å². The molecule has 0 fully saturated rings. The maximum Gasteiger partial charge on any atom is 0.338 e. The fourth-order valence-corrected chi connectivity index (χ4v) is 5.48. The zero-order valence-corrected chi connectivity index (χ0v) is 23.2. The summed E-state index contributed by atoms with van der Waals surface area (Å²) in [6, 6.07) is 14.1. The largest absolute Gasteiger partial charge is 0.497 e. The van der Waals surface area contributed by atoms with Crippen LogP contribution in [0.4, 0.5) is 0 Å². The van der Waals surface area contributed by atoms with Crippen LogP contribution in [0.3, 0.4) is 0 Å². The number of fused-ring (bicyclic) bond motifs is 1. The van der Waals surface area contributed by atoms with Crippen molar-refractivity contribution in [2.75, 3.05) is 20.8 Å². The highest BCUT2D eigenvalue weighted by Crippen LogP contribution is 2.38. The number of benzene rings is 2. The van der Waals surface area contributed by atoms with Gasteiger partial charge in [0.05, 0.1) is 48.5 Å². The van der Waals surface area contributed by atoms with E-state index < -0.39 is 29.5 Å². The maximum absolute atomic E-state index is 13.7. The van der Waals surface area contributed by atoms with Crippen molar-refractivity contribution >= 4 is 40.7 Å². The number of thiazole rings is 1. The van der Waals surface area contributed by atoms with Gasteiger partial charge in [-0.1, -0.05) is 24.3 Å². The highest BCUT2D eigenvalue weighted by atomic mass is 32.1. The molecular formula is C29H30N2O7S. The molecule has 1 aliphatic rings. The molecule has 0 saturated heterocycles. The van der Waals surface area contributed by atoms with E-state index in [0.29, 0.717) is 21.6 Å². The summed E-state index contributed by atoms with van der Waals surface area (Å²) in [5, 5.41) is 0. The van der Waals surface area contributed by atoms with E-state index in [2.05, 4.69) is 0 Å². The van der Waals surface area contributed by atoms with E-state index in [-0.39, 0.29) is 28.2 Å². The Labute approximate surface area is 229 Å². The third-order valence-electron chi connectivity index (χ3n) is 6.07. The second kappa shape index (κ2) is 11.6. The van der Waals surface area contributed by atoms with Crippen LogP contribution in [0, 0.1) is 0 Å². The predicted octanol–water partition coefficient (Wildman–Crippen LogP) is 2.35. The van der Waals surface area contributed by atoms with Crippen molar-refractivity contribution in [3.05, 3.63) is 84.8 Å². The molecule has 204 valence electrons. The first-order valence-electron chi connectivity index (χ1n) is 12.3. The van der Waals surface area contributed by atoms with Crippen LogP contribution in [0.2, 0.25) is 0 Å². The SMILES string of the molecule is CCOC(=O)C1=C(N)n2c(s/c(=C/c3ccc(OC)cc3)c2=O)=C(C(=O)OC(C)C)[C@@H]1c1ccc(OC)cc1. The zero-order valence-electron chi connectivity index (χ0n) is 22.3. The molecule has 1 atom stereocenters. The fourth-order valence-electron chi connectivity index (χ4n) is 4.31. The molecule has 2 heterocycles. The molecule has 9 nitrogen and oxygen atoms in total. The summed E-state index contributed by atoms with van der Waals surface area (Å²) in [7, 11) is 3.11. The number of esters is 2. The summed E-state index contributed by atoms with van der Waals surface area (Å²) in [5.41, 5.74) is 7.53. The van der Waals surface area contributed by atoms with Crippen molar-refractivity contribution in [1.29, 1.82) is 0 Å². The van der Waals surface area contributed by atoms with E-state index in [1.54, 1.807) is 77.5 Å². The van der Waals surface area contributed by atoms with Gasteiger partial charge in [-0.25, -0.2) is 9.59 Å². The van der Waals surface area contributed by atoms with E-state index in [0.717, 1.165) is 16.9 Å². The third kappa shape index (κ3) is 5.46. The average Bonchev–Trinajstić information content (AvgIpc) is 3.24. The van der Waals surface area contributed by atoms with Gasteiger partial charge in [-0.05, 0) is 62.2 Å². The standard InChI is InChI=1S/C29H30N2O7S/c1-6-37-28(33)23-22(18-9-13-20(36-5)14-10-18)24(29(34)38-16(2)3)27-31(25(23)30)26(32)21(39-27)15-17-7-11-19(35-4)12-8-17/h7-16,22H,6,30H2,1-5H3/b21-15+/t22-/m1/s1. The highest BCUT2D eigenvalue weighted by molar-refractivity contribution is 7.07. The number of carbonyl (C=O) groups excluding carboxylic acids is 2. The third-order valence-corrected chi connectivity index (χ3v) is 7.18. The number of carbonyl (C=O) groups is 2. The molecule has 2 aromatic carbocycles. The van der Waals surface area contributed by atoms with Gasteiger partial charge in [0.15, 0.2) is 0 Å². The molecule has 0 radical (unpaired) electrons. The van der Waals surface area contributed by atoms with E-state index in [1.165, 1.54) is 4.57 Å². The van der Waals surface area contributed by atoms with Crippen LogP contribution in [-0.4, -0.2) is 43.4 Å². The Hall–Kier alpha value is -4.31. The predicted molar refractivity (Wildman–Crippen MR) is 149 cm³/mol. The topological polar surface area (TPSA) is 119 Å². The van der Waals surface area contributed by atoms with Crippen molar-refractivity contribution in [2.45, 2.75) is 32.8 Å². The number of rotatable bonds is 8. The summed E-state index contributed by atoms with van der Waals surface area (Å²) in [5.74, 6) is -1.15.